The fourth-order valence-electron chi connectivity index (χ4n) is 5.11. The van der Waals surface area contributed by atoms with Crippen LogP contribution in [-0.2, 0) is 14.3 Å². The number of carbonyl (C=O) groups is 1. The molecule has 1 saturated heterocycles. The number of nitrogens with zero attached hydrogens (tertiary/aromatic N) is 2. The molecule has 1 aliphatic heterocycles. The van der Waals surface area contributed by atoms with E-state index in [2.05, 4.69) is 21.7 Å². The number of anilines is 2. The van der Waals surface area contributed by atoms with E-state index in [0.29, 0.717) is 21.5 Å². The molecule has 1 saturated carbocycles. The quantitative estimate of drug-likeness (QED) is 0.147. The molecule has 7 nitrogen and oxygen atoms in total. The average Bonchev–Trinajstić information content (AvgIpc) is 3.79. The van der Waals surface area contributed by atoms with Crippen molar-refractivity contribution in [3.05, 3.63) is 75.5 Å². The summed E-state index contributed by atoms with van der Waals surface area (Å²) in [7, 11) is 4.81. The number of ether oxygens (including phenoxy) is 2. The molecule has 1 heterocycles. The Morgan fingerprint density at radius 1 is 1.08 bits per heavy atom. The van der Waals surface area contributed by atoms with Crippen LogP contribution in [0.2, 0.25) is 10.0 Å². The molecule has 2 N–H and O–H groups in total. The number of rotatable bonds is 11. The van der Waals surface area contributed by atoms with Crippen molar-refractivity contribution in [3.8, 4) is 0 Å². The Hall–Kier alpha value is -3.00. The van der Waals surface area contributed by atoms with Gasteiger partial charge < -0.3 is 19.7 Å². The van der Waals surface area contributed by atoms with E-state index in [1.54, 1.807) is 20.2 Å². The van der Waals surface area contributed by atoms with Crippen LogP contribution in [-0.4, -0.2) is 70.6 Å². The van der Waals surface area contributed by atoms with Gasteiger partial charge in [0.15, 0.2) is 0 Å². The molecule has 2 aliphatic rings. The number of esters is 1. The molecule has 1 aliphatic carbocycles. The highest BCUT2D eigenvalue weighted by molar-refractivity contribution is 6.43. The van der Waals surface area contributed by atoms with Crippen LogP contribution >= 0.6 is 23.2 Å². The van der Waals surface area contributed by atoms with Crippen LogP contribution in [0.5, 0.6) is 0 Å². The molecule has 0 unspecified atom stereocenters. The fraction of sp³-hybridized carbons (Fsp3) is 0.400. The van der Waals surface area contributed by atoms with Crippen LogP contribution in [0.3, 0.4) is 0 Å². The van der Waals surface area contributed by atoms with E-state index in [1.165, 1.54) is 7.11 Å². The number of hydrogen-bond donors (Lipinski definition) is 2. The largest absolute Gasteiger partial charge is 0.501 e. The third-order valence-corrected chi connectivity index (χ3v) is 8.07. The van der Waals surface area contributed by atoms with E-state index in [0.717, 1.165) is 85.8 Å². The molecule has 0 bridgehead atoms. The van der Waals surface area contributed by atoms with Crippen molar-refractivity contribution < 1.29 is 14.3 Å². The lowest BCUT2D eigenvalue weighted by Crippen LogP contribution is -2.46. The second kappa shape index (κ2) is 12.9. The monoisotopic (exact) mass is 570 g/mol. The van der Waals surface area contributed by atoms with Gasteiger partial charge in [-0.25, -0.2) is 4.79 Å². The van der Waals surface area contributed by atoms with Crippen molar-refractivity contribution >= 4 is 51.8 Å². The maximum absolute atomic E-state index is 11.9. The van der Waals surface area contributed by atoms with Gasteiger partial charge in [-0.2, -0.15) is 0 Å². The summed E-state index contributed by atoms with van der Waals surface area (Å²) in [6.45, 7) is 8.84. The average molecular weight is 572 g/mol. The predicted octanol–water partition coefficient (Wildman–Crippen LogP) is 6.11. The maximum atomic E-state index is 11.9. The van der Waals surface area contributed by atoms with Crippen LogP contribution in [0.25, 0.3) is 5.57 Å². The highest BCUT2D eigenvalue weighted by Crippen LogP contribution is 2.44. The number of hydrogen-bond acceptors (Lipinski definition) is 7. The molecule has 2 fully saturated rings. The molecule has 0 atom stereocenters. The molecule has 2 aromatic carbocycles. The molecule has 0 radical (unpaired) electrons. The molecule has 0 aromatic heterocycles. The third-order valence-electron chi connectivity index (χ3n) is 7.44. The van der Waals surface area contributed by atoms with Crippen molar-refractivity contribution in [2.75, 3.05) is 64.2 Å². The molecule has 208 valence electrons. The minimum absolute atomic E-state index is 0.164. The highest BCUT2D eigenvalue weighted by Gasteiger charge is 2.31. The number of allylic oxidation sites excluding steroid dienone is 2. The topological polar surface area (TPSA) is 77.9 Å². The summed E-state index contributed by atoms with van der Waals surface area (Å²) in [5, 5.41) is 12.4. The number of piperazine rings is 1. The van der Waals surface area contributed by atoms with Crippen LogP contribution < -0.4 is 10.2 Å². The van der Waals surface area contributed by atoms with Gasteiger partial charge in [0.1, 0.15) is 11.5 Å². The highest BCUT2D eigenvalue weighted by atomic mass is 35.5. The summed E-state index contributed by atoms with van der Waals surface area (Å²) in [4.78, 5) is 16.6. The normalized spacial score (nSPS) is 16.4. The van der Waals surface area contributed by atoms with E-state index >= 15 is 0 Å². The Morgan fingerprint density at radius 3 is 2.31 bits per heavy atom. The van der Waals surface area contributed by atoms with Gasteiger partial charge in [-0.1, -0.05) is 35.8 Å². The van der Waals surface area contributed by atoms with Crippen LogP contribution in [0, 0.1) is 11.3 Å². The minimum atomic E-state index is -0.654. The summed E-state index contributed by atoms with van der Waals surface area (Å²) >= 11 is 13.1. The summed E-state index contributed by atoms with van der Waals surface area (Å²) in [6.07, 6.45) is 3.05. The summed E-state index contributed by atoms with van der Waals surface area (Å²) in [6, 6.07) is 11.3. The van der Waals surface area contributed by atoms with Crippen LogP contribution in [0.1, 0.15) is 30.4 Å². The van der Waals surface area contributed by atoms with E-state index in [4.69, 9.17) is 38.1 Å². The van der Waals surface area contributed by atoms with Gasteiger partial charge in [0.2, 0.25) is 0 Å². The zero-order valence-electron chi connectivity index (χ0n) is 22.8. The smallest absolute Gasteiger partial charge is 0.356 e. The number of nitrogens with one attached hydrogen (secondary N) is 2. The first kappa shape index (κ1) is 29.0. The maximum Gasteiger partial charge on any atom is 0.356 e. The van der Waals surface area contributed by atoms with Gasteiger partial charge in [0.25, 0.3) is 0 Å². The van der Waals surface area contributed by atoms with Gasteiger partial charge >= 0.3 is 5.97 Å². The summed E-state index contributed by atoms with van der Waals surface area (Å²) in [5.74, 6) is 0.788. The lowest BCUT2D eigenvalue weighted by atomic mass is 9.94. The fourth-order valence-corrected chi connectivity index (χ4v) is 5.73. The standard InChI is InChI=1S/C30H36Cl2N4O3/c1-19(27-24(31)6-5-7-25(27)32)22(29(38-3)20-8-9-20)12-13-35-14-16-36(17-15-35)21-10-11-23(26(18-21)34-2)28(33)30(37)39-4/h5-7,10-11,18,20,33-34H,1,8-9,12-17H2,2-4H3/b29-22-,33-28?. The van der Waals surface area contributed by atoms with E-state index in [9.17, 15) is 4.79 Å². The molecule has 4 rings (SSSR count). The molecule has 0 spiro atoms. The summed E-state index contributed by atoms with van der Waals surface area (Å²) in [5.41, 5.74) is 4.85. The molecular formula is C30H36Cl2N4O3. The van der Waals surface area contributed by atoms with Gasteiger partial charge in [-0.3, -0.25) is 10.3 Å². The molecular weight excluding hydrogens is 535 g/mol. The zero-order chi connectivity index (χ0) is 28.1. The first-order valence-corrected chi connectivity index (χ1v) is 13.9. The van der Waals surface area contributed by atoms with Gasteiger partial charge in [0, 0.05) is 78.2 Å². The Bertz CT molecular complexity index is 1260. The van der Waals surface area contributed by atoms with Crippen LogP contribution in [0.4, 0.5) is 11.4 Å². The van der Waals surface area contributed by atoms with Crippen molar-refractivity contribution in [3.63, 3.8) is 0 Å². The molecule has 39 heavy (non-hydrogen) atoms. The molecule has 0 amide bonds. The number of halogens is 2. The first-order valence-electron chi connectivity index (χ1n) is 13.2. The van der Waals surface area contributed by atoms with Crippen molar-refractivity contribution in [2.24, 2.45) is 5.92 Å². The van der Waals surface area contributed by atoms with Gasteiger partial charge in [0.05, 0.1) is 14.2 Å². The van der Waals surface area contributed by atoms with Crippen LogP contribution in [0.15, 0.2) is 54.3 Å². The number of carbonyl (C=O) groups excluding carboxylic acids is 1. The Balaban J connectivity index is 1.43. The summed E-state index contributed by atoms with van der Waals surface area (Å²) < 4.78 is 10.6. The van der Waals surface area contributed by atoms with E-state index in [-0.39, 0.29) is 5.71 Å². The van der Waals surface area contributed by atoms with E-state index < -0.39 is 5.97 Å². The van der Waals surface area contributed by atoms with E-state index in [1.807, 2.05) is 30.3 Å². The Morgan fingerprint density at radius 2 is 1.74 bits per heavy atom. The SMILES string of the molecule is C=C(/C(CCN1CCN(c2ccc(C(=N)C(=O)OC)c(NC)c2)CC1)=C(\OC)C1CC1)c1c(Cl)cccc1Cl. The minimum Gasteiger partial charge on any atom is -0.501 e. The van der Waals surface area contributed by atoms with Crippen molar-refractivity contribution in [2.45, 2.75) is 19.3 Å². The molecule has 9 heteroatoms. The Kier molecular flexibility index (Phi) is 9.59. The van der Waals surface area contributed by atoms with Gasteiger partial charge in [-0.05, 0) is 60.7 Å². The van der Waals surface area contributed by atoms with Crippen molar-refractivity contribution in [1.29, 1.82) is 5.41 Å². The van der Waals surface area contributed by atoms with Gasteiger partial charge in [-0.15, -0.1) is 0 Å². The second-order valence-electron chi connectivity index (χ2n) is 9.82. The number of benzene rings is 2. The lowest BCUT2D eigenvalue weighted by molar-refractivity contribution is -0.132. The van der Waals surface area contributed by atoms with Crippen molar-refractivity contribution in [1.82, 2.24) is 4.90 Å². The Labute approximate surface area is 240 Å². The molecule has 2 aromatic rings. The third kappa shape index (κ3) is 6.60. The zero-order valence-corrected chi connectivity index (χ0v) is 24.3. The first-order chi connectivity index (χ1) is 18.8. The number of methoxy groups -OCH3 is 2. The lowest BCUT2D eigenvalue weighted by Gasteiger charge is -2.36. The predicted molar refractivity (Wildman–Crippen MR) is 160 cm³/mol. The second-order valence-corrected chi connectivity index (χ2v) is 10.6.